The molecule has 11 heteroatoms. The molecule has 1 aliphatic rings. The van der Waals surface area contributed by atoms with Crippen molar-refractivity contribution in [2.45, 2.75) is 6.92 Å². The lowest BCUT2D eigenvalue weighted by Gasteiger charge is -2.26. The first-order valence-corrected chi connectivity index (χ1v) is 13.0. The summed E-state index contributed by atoms with van der Waals surface area (Å²) < 4.78 is 15.1. The van der Waals surface area contributed by atoms with E-state index in [2.05, 4.69) is 20.6 Å². The zero-order valence-corrected chi connectivity index (χ0v) is 22.2. The van der Waals surface area contributed by atoms with Crippen molar-refractivity contribution in [1.29, 1.82) is 0 Å². The Morgan fingerprint density at radius 1 is 1.10 bits per heavy atom. The lowest BCUT2D eigenvalue weighted by molar-refractivity contribution is -0.124. The Kier molecular flexibility index (Phi) is 7.79. The van der Waals surface area contributed by atoms with Gasteiger partial charge in [-0.2, -0.15) is 0 Å². The maximum absolute atomic E-state index is 15.1. The van der Waals surface area contributed by atoms with E-state index in [9.17, 15) is 24.6 Å². The third-order valence-corrected chi connectivity index (χ3v) is 6.91. The molecule has 4 aromatic rings. The number of carbonyl (C=O) groups is 3. The van der Waals surface area contributed by atoms with Crippen LogP contribution in [0.25, 0.3) is 10.9 Å². The number of benzene rings is 3. The van der Waals surface area contributed by atoms with E-state index < -0.39 is 17.7 Å². The van der Waals surface area contributed by atoms with Gasteiger partial charge >= 0.3 is 5.97 Å². The number of aromatic hydroxyl groups is 1. The number of carboxylic acids is 1. The number of piperazine rings is 1. The van der Waals surface area contributed by atoms with Gasteiger partial charge in [-0.3, -0.25) is 14.5 Å². The van der Waals surface area contributed by atoms with Crippen molar-refractivity contribution in [2.24, 2.45) is 4.99 Å². The minimum atomic E-state index is -1.09. The lowest BCUT2D eigenvalue weighted by atomic mass is 9.98. The zero-order chi connectivity index (χ0) is 29.1. The van der Waals surface area contributed by atoms with Crippen LogP contribution in [0.15, 0.2) is 65.7 Å². The van der Waals surface area contributed by atoms with Gasteiger partial charge in [0, 0.05) is 48.7 Å². The quantitative estimate of drug-likeness (QED) is 0.210. The number of halogens is 1. The maximum Gasteiger partial charge on any atom is 0.336 e. The number of aliphatic imine (C=N–C) groups is 1. The van der Waals surface area contributed by atoms with Crippen molar-refractivity contribution >= 4 is 40.1 Å². The molecule has 0 bridgehead atoms. The molecule has 1 saturated heterocycles. The molecule has 2 amide bonds. The van der Waals surface area contributed by atoms with Gasteiger partial charge in [0.25, 0.3) is 5.91 Å². The van der Waals surface area contributed by atoms with Crippen LogP contribution in [-0.2, 0) is 4.79 Å². The van der Waals surface area contributed by atoms with E-state index in [0.29, 0.717) is 52.9 Å². The van der Waals surface area contributed by atoms with Gasteiger partial charge in [-0.15, -0.1) is 0 Å². The molecule has 5 rings (SSSR count). The first-order valence-electron chi connectivity index (χ1n) is 13.0. The molecule has 0 saturated carbocycles. The average molecular weight is 558 g/mol. The first-order chi connectivity index (χ1) is 19.7. The largest absolute Gasteiger partial charge is 0.494 e. The molecule has 3 aromatic carbocycles. The van der Waals surface area contributed by atoms with Crippen molar-refractivity contribution < 1.29 is 29.0 Å². The number of fused-ring (bicyclic) bond motifs is 1. The molecule has 1 fully saturated rings. The number of aryl methyl sites for hydroxylation is 1. The predicted octanol–water partition coefficient (Wildman–Crippen LogP) is 3.35. The number of aromatic nitrogens is 1. The van der Waals surface area contributed by atoms with Gasteiger partial charge in [0.15, 0.2) is 5.88 Å². The van der Waals surface area contributed by atoms with Crippen LogP contribution in [0, 0.1) is 12.7 Å². The van der Waals surface area contributed by atoms with Gasteiger partial charge in [0.05, 0.1) is 34.6 Å². The van der Waals surface area contributed by atoms with Crippen LogP contribution >= 0.6 is 0 Å². The van der Waals surface area contributed by atoms with Crippen LogP contribution < -0.4 is 10.6 Å². The smallest absolute Gasteiger partial charge is 0.336 e. The molecule has 10 nitrogen and oxygen atoms in total. The van der Waals surface area contributed by atoms with Crippen LogP contribution in [0.4, 0.5) is 10.1 Å². The van der Waals surface area contributed by atoms with Gasteiger partial charge in [0.2, 0.25) is 5.91 Å². The lowest BCUT2D eigenvalue weighted by Crippen LogP contribution is -2.49. The number of aromatic carboxylic acids is 1. The highest BCUT2D eigenvalue weighted by Crippen LogP contribution is 2.33. The number of carbonyl (C=O) groups excluding carboxylic acids is 2. The number of H-pyrrole nitrogens is 1. The fourth-order valence-corrected chi connectivity index (χ4v) is 4.86. The van der Waals surface area contributed by atoms with E-state index >= 15 is 4.39 Å². The van der Waals surface area contributed by atoms with E-state index in [1.54, 1.807) is 37.3 Å². The molecular formula is C30H28FN5O5. The number of carboxylic acid groups (broad SMARTS) is 1. The number of amides is 2. The zero-order valence-electron chi connectivity index (χ0n) is 22.2. The number of aromatic amines is 1. The molecule has 0 radical (unpaired) electrons. The first kappa shape index (κ1) is 27.5. The van der Waals surface area contributed by atoms with Gasteiger partial charge in [-0.05, 0) is 36.8 Å². The Labute approximate surface area is 234 Å². The Hall–Kier alpha value is -5.03. The highest BCUT2D eigenvalue weighted by molar-refractivity contribution is 6.22. The Morgan fingerprint density at radius 3 is 2.59 bits per heavy atom. The Morgan fingerprint density at radius 2 is 1.88 bits per heavy atom. The van der Waals surface area contributed by atoms with Crippen molar-refractivity contribution in [2.75, 3.05) is 32.7 Å². The van der Waals surface area contributed by atoms with Gasteiger partial charge in [0.1, 0.15) is 5.82 Å². The van der Waals surface area contributed by atoms with Crippen molar-refractivity contribution in [1.82, 2.24) is 20.5 Å². The molecule has 0 atom stereocenters. The van der Waals surface area contributed by atoms with Crippen molar-refractivity contribution in [3.8, 4) is 5.88 Å². The second-order valence-corrected chi connectivity index (χ2v) is 9.74. The number of nitrogens with one attached hydrogen (secondary N) is 3. The molecule has 0 unspecified atom stereocenters. The summed E-state index contributed by atoms with van der Waals surface area (Å²) in [7, 11) is 0. The van der Waals surface area contributed by atoms with Crippen molar-refractivity contribution in [3.63, 3.8) is 0 Å². The molecule has 0 aliphatic carbocycles. The van der Waals surface area contributed by atoms with Crippen LogP contribution in [-0.4, -0.2) is 76.3 Å². The van der Waals surface area contributed by atoms with E-state index in [-0.39, 0.29) is 41.7 Å². The van der Waals surface area contributed by atoms with Crippen LogP contribution in [0.3, 0.4) is 0 Å². The second-order valence-electron chi connectivity index (χ2n) is 9.74. The highest BCUT2D eigenvalue weighted by Gasteiger charge is 2.22. The molecule has 2 heterocycles. The molecule has 0 spiro atoms. The summed E-state index contributed by atoms with van der Waals surface area (Å²) in [5, 5.41) is 26.4. The highest BCUT2D eigenvalue weighted by atomic mass is 19.1. The van der Waals surface area contributed by atoms with Gasteiger partial charge in [-0.1, -0.05) is 30.3 Å². The summed E-state index contributed by atoms with van der Waals surface area (Å²) in [5.41, 5.74) is 2.38. The van der Waals surface area contributed by atoms with Crippen LogP contribution in [0.5, 0.6) is 5.88 Å². The van der Waals surface area contributed by atoms with Crippen molar-refractivity contribution in [3.05, 3.63) is 94.3 Å². The SMILES string of the molecule is Cc1cc2c(C(=Nc3ccc(C(=O)NCCN4CCNC(=O)C4)c(F)c3)c3ccccc3)c(O)[nH]c2cc1C(=O)O. The second kappa shape index (κ2) is 11.6. The molecule has 5 N–H and O–H groups in total. The Balaban J connectivity index is 1.45. The van der Waals surface area contributed by atoms with E-state index in [4.69, 9.17) is 0 Å². The van der Waals surface area contributed by atoms with E-state index in [0.717, 1.165) is 6.07 Å². The number of hydrogen-bond donors (Lipinski definition) is 5. The fraction of sp³-hybridized carbons (Fsp3) is 0.200. The minimum Gasteiger partial charge on any atom is -0.494 e. The monoisotopic (exact) mass is 557 g/mol. The summed E-state index contributed by atoms with van der Waals surface area (Å²) in [6, 6.07) is 16.1. The minimum absolute atomic E-state index is 0.0688. The molecule has 210 valence electrons. The summed E-state index contributed by atoms with van der Waals surface area (Å²) in [5.74, 6) is -2.72. The number of nitrogens with zero attached hydrogens (tertiary/aromatic N) is 2. The third-order valence-electron chi connectivity index (χ3n) is 6.91. The normalized spacial score (nSPS) is 14.2. The van der Waals surface area contributed by atoms with Crippen LogP contribution in [0.2, 0.25) is 0 Å². The van der Waals surface area contributed by atoms with E-state index in [1.807, 2.05) is 11.0 Å². The maximum atomic E-state index is 15.1. The molecule has 1 aliphatic heterocycles. The average Bonchev–Trinajstić information content (AvgIpc) is 3.25. The molecular weight excluding hydrogens is 529 g/mol. The fourth-order valence-electron chi connectivity index (χ4n) is 4.86. The standard InChI is InChI=1S/C30H28FN5O5/c1-17-13-22-24(15-21(17)30(40)41)35-29(39)26(22)27(18-5-3-2-4-6-18)34-19-7-8-20(23(31)14-19)28(38)33-10-12-36-11-9-32-25(37)16-36/h2-8,13-15,35,39H,9-12,16H2,1H3,(H,32,37)(H,33,38)(H,40,41). The summed E-state index contributed by atoms with van der Waals surface area (Å²) in [4.78, 5) is 45.2. The van der Waals surface area contributed by atoms with Crippen LogP contribution in [0.1, 0.15) is 37.4 Å². The number of hydrogen-bond acceptors (Lipinski definition) is 6. The topological polar surface area (TPSA) is 147 Å². The summed E-state index contributed by atoms with van der Waals surface area (Å²) in [6.45, 7) is 3.87. The predicted molar refractivity (Wildman–Crippen MR) is 152 cm³/mol. The van der Waals surface area contributed by atoms with Gasteiger partial charge in [-0.25, -0.2) is 14.2 Å². The third kappa shape index (κ3) is 5.94. The summed E-state index contributed by atoms with van der Waals surface area (Å²) in [6.07, 6.45) is 0. The molecule has 1 aromatic heterocycles. The Bertz CT molecular complexity index is 1680. The van der Waals surface area contributed by atoms with Gasteiger partial charge < -0.3 is 25.8 Å². The summed E-state index contributed by atoms with van der Waals surface area (Å²) >= 11 is 0. The van der Waals surface area contributed by atoms with E-state index in [1.165, 1.54) is 18.2 Å². The number of rotatable bonds is 8. The molecule has 41 heavy (non-hydrogen) atoms.